The second kappa shape index (κ2) is 4.71. The van der Waals surface area contributed by atoms with Crippen LogP contribution in [0.15, 0.2) is 14.9 Å². The number of nitrogens with zero attached hydrogens (tertiary/aromatic N) is 2. The van der Waals surface area contributed by atoms with Crippen LogP contribution in [0.2, 0.25) is 0 Å². The Morgan fingerprint density at radius 3 is 2.59 bits per heavy atom. The summed E-state index contributed by atoms with van der Waals surface area (Å²) in [5.41, 5.74) is 0.866. The van der Waals surface area contributed by atoms with Gasteiger partial charge in [0.05, 0.1) is 12.1 Å². The third-order valence-corrected chi connectivity index (χ3v) is 2.40. The maximum atomic E-state index is 5.57. The van der Waals surface area contributed by atoms with Crippen molar-refractivity contribution in [3.8, 4) is 11.5 Å². The lowest BCUT2D eigenvalue weighted by Crippen LogP contribution is -2.21. The summed E-state index contributed by atoms with van der Waals surface area (Å²) in [6.45, 7) is 8.51. The van der Waals surface area contributed by atoms with Gasteiger partial charge in [0, 0.05) is 6.04 Å². The summed E-state index contributed by atoms with van der Waals surface area (Å²) in [6.07, 6.45) is 0. The minimum atomic E-state index is 0.392. The van der Waals surface area contributed by atoms with E-state index >= 15 is 0 Å². The molecule has 0 unspecified atom stereocenters. The van der Waals surface area contributed by atoms with Gasteiger partial charge in [-0.2, -0.15) is 0 Å². The third kappa shape index (κ3) is 2.74. The van der Waals surface area contributed by atoms with E-state index in [4.69, 9.17) is 8.83 Å². The van der Waals surface area contributed by atoms with Crippen LogP contribution >= 0.6 is 0 Å². The van der Waals surface area contributed by atoms with Crippen LogP contribution in [0.25, 0.3) is 11.5 Å². The molecule has 92 valence electrons. The average Bonchev–Trinajstić information content (AvgIpc) is 2.82. The van der Waals surface area contributed by atoms with Gasteiger partial charge in [-0.1, -0.05) is 13.8 Å². The molecule has 0 aliphatic carbocycles. The molecule has 0 spiro atoms. The van der Waals surface area contributed by atoms with Crippen molar-refractivity contribution in [1.29, 1.82) is 0 Å². The van der Waals surface area contributed by atoms with E-state index in [0.717, 1.165) is 17.1 Å². The highest BCUT2D eigenvalue weighted by Gasteiger charge is 2.14. The van der Waals surface area contributed by atoms with Crippen molar-refractivity contribution in [2.24, 2.45) is 0 Å². The minimum absolute atomic E-state index is 0.392. The van der Waals surface area contributed by atoms with Gasteiger partial charge in [-0.05, 0) is 19.9 Å². The Labute approximate surface area is 100 Å². The van der Waals surface area contributed by atoms with Crippen molar-refractivity contribution in [3.05, 3.63) is 23.5 Å². The highest BCUT2D eigenvalue weighted by molar-refractivity contribution is 5.55. The minimum Gasteiger partial charge on any atom is -0.466 e. The van der Waals surface area contributed by atoms with Gasteiger partial charge in [-0.25, -0.2) is 0 Å². The molecule has 1 N–H and O–H groups in total. The second-order valence-electron chi connectivity index (χ2n) is 4.36. The van der Waals surface area contributed by atoms with Gasteiger partial charge in [0.25, 0.3) is 5.89 Å². The fourth-order valence-electron chi connectivity index (χ4n) is 1.57. The smallest absolute Gasteiger partial charge is 0.251 e. The summed E-state index contributed by atoms with van der Waals surface area (Å²) in [6, 6.07) is 2.30. The molecule has 0 bridgehead atoms. The lowest BCUT2D eigenvalue weighted by atomic mass is 10.2. The normalized spacial score (nSPS) is 11.4. The summed E-state index contributed by atoms with van der Waals surface area (Å²) in [7, 11) is 0. The highest BCUT2D eigenvalue weighted by atomic mass is 16.4. The van der Waals surface area contributed by atoms with Gasteiger partial charge in [-0.3, -0.25) is 0 Å². The van der Waals surface area contributed by atoms with Gasteiger partial charge in [0.1, 0.15) is 11.5 Å². The van der Waals surface area contributed by atoms with Crippen LogP contribution in [-0.2, 0) is 6.54 Å². The van der Waals surface area contributed by atoms with E-state index in [1.54, 1.807) is 0 Å². The third-order valence-electron chi connectivity index (χ3n) is 2.40. The quantitative estimate of drug-likeness (QED) is 0.881. The molecule has 2 rings (SSSR count). The van der Waals surface area contributed by atoms with E-state index < -0.39 is 0 Å². The van der Waals surface area contributed by atoms with Gasteiger partial charge in [0.15, 0.2) is 0 Å². The van der Waals surface area contributed by atoms with Gasteiger partial charge in [0.2, 0.25) is 5.89 Å². The lowest BCUT2D eigenvalue weighted by molar-refractivity contribution is 0.457. The molecule has 0 saturated heterocycles. The van der Waals surface area contributed by atoms with Crippen molar-refractivity contribution in [2.75, 3.05) is 0 Å². The van der Waals surface area contributed by atoms with Crippen LogP contribution < -0.4 is 5.32 Å². The Balaban J connectivity index is 2.15. The topological polar surface area (TPSA) is 64.1 Å². The molecule has 0 aromatic carbocycles. The summed E-state index contributed by atoms with van der Waals surface area (Å²) in [4.78, 5) is 0. The molecule has 5 heteroatoms. The Morgan fingerprint density at radius 2 is 2.00 bits per heavy atom. The average molecular weight is 235 g/mol. The van der Waals surface area contributed by atoms with Crippen molar-refractivity contribution in [1.82, 2.24) is 15.5 Å². The predicted octanol–water partition coefficient (Wildman–Crippen LogP) is 2.44. The second-order valence-corrected chi connectivity index (χ2v) is 4.36. The predicted molar refractivity (Wildman–Crippen MR) is 63.4 cm³/mol. The Hall–Kier alpha value is -1.62. The van der Waals surface area contributed by atoms with Crippen LogP contribution in [0.3, 0.4) is 0 Å². The van der Waals surface area contributed by atoms with Gasteiger partial charge in [-0.15, -0.1) is 10.2 Å². The van der Waals surface area contributed by atoms with E-state index in [1.165, 1.54) is 0 Å². The molecule has 17 heavy (non-hydrogen) atoms. The molecule has 2 heterocycles. The summed E-state index contributed by atoms with van der Waals surface area (Å²) < 4.78 is 11.0. The molecule has 0 atom stereocenters. The number of furan rings is 1. The number of nitrogens with one attached hydrogen (secondary N) is 1. The van der Waals surface area contributed by atoms with Crippen molar-refractivity contribution < 1.29 is 8.83 Å². The molecule has 2 aromatic heterocycles. The SMILES string of the molecule is Cc1cc(-c2nnc(CNC(C)C)o2)c(C)o1. The molecule has 0 radical (unpaired) electrons. The fraction of sp³-hybridized carbons (Fsp3) is 0.500. The molecule has 0 saturated carbocycles. The summed E-state index contributed by atoms with van der Waals surface area (Å²) >= 11 is 0. The number of aryl methyl sites for hydroxylation is 2. The van der Waals surface area contributed by atoms with Crippen LogP contribution in [0, 0.1) is 13.8 Å². The maximum absolute atomic E-state index is 5.57. The highest BCUT2D eigenvalue weighted by Crippen LogP contribution is 2.25. The molecule has 0 fully saturated rings. The largest absolute Gasteiger partial charge is 0.466 e. The van der Waals surface area contributed by atoms with Crippen molar-refractivity contribution in [2.45, 2.75) is 40.3 Å². The first-order valence-electron chi connectivity index (χ1n) is 5.69. The zero-order valence-corrected chi connectivity index (χ0v) is 10.6. The monoisotopic (exact) mass is 235 g/mol. The molecule has 0 aliphatic heterocycles. The molecular weight excluding hydrogens is 218 g/mol. The van der Waals surface area contributed by atoms with E-state index in [2.05, 4.69) is 29.4 Å². The van der Waals surface area contributed by atoms with Crippen LogP contribution in [0.5, 0.6) is 0 Å². The first-order valence-corrected chi connectivity index (χ1v) is 5.69. The van der Waals surface area contributed by atoms with E-state index in [0.29, 0.717) is 24.4 Å². The number of rotatable bonds is 4. The van der Waals surface area contributed by atoms with Crippen LogP contribution in [0.1, 0.15) is 31.3 Å². The van der Waals surface area contributed by atoms with E-state index in [-0.39, 0.29) is 0 Å². The molecular formula is C12H17N3O2. The van der Waals surface area contributed by atoms with E-state index in [9.17, 15) is 0 Å². The first kappa shape index (κ1) is 11.9. The maximum Gasteiger partial charge on any atom is 0.251 e. The Kier molecular flexibility index (Phi) is 3.28. The summed E-state index contributed by atoms with van der Waals surface area (Å²) in [5, 5.41) is 11.2. The zero-order chi connectivity index (χ0) is 12.4. The fourth-order valence-corrected chi connectivity index (χ4v) is 1.57. The molecule has 0 amide bonds. The van der Waals surface area contributed by atoms with Crippen molar-refractivity contribution in [3.63, 3.8) is 0 Å². The van der Waals surface area contributed by atoms with Crippen LogP contribution in [-0.4, -0.2) is 16.2 Å². The van der Waals surface area contributed by atoms with Gasteiger partial charge < -0.3 is 14.2 Å². The summed E-state index contributed by atoms with van der Waals surface area (Å²) in [5.74, 6) is 2.75. The van der Waals surface area contributed by atoms with Crippen LogP contribution in [0.4, 0.5) is 0 Å². The Morgan fingerprint density at radius 1 is 1.24 bits per heavy atom. The van der Waals surface area contributed by atoms with E-state index in [1.807, 2.05) is 19.9 Å². The molecule has 5 nitrogen and oxygen atoms in total. The standard InChI is InChI=1S/C12H17N3O2/c1-7(2)13-6-11-14-15-12(17-11)10-5-8(3)16-9(10)4/h5,7,13H,6H2,1-4H3. The van der Waals surface area contributed by atoms with Gasteiger partial charge >= 0.3 is 0 Å². The number of aromatic nitrogens is 2. The van der Waals surface area contributed by atoms with Crippen molar-refractivity contribution >= 4 is 0 Å². The molecule has 2 aromatic rings. The Bertz CT molecular complexity index is 500. The number of hydrogen-bond acceptors (Lipinski definition) is 5. The lowest BCUT2D eigenvalue weighted by Gasteiger charge is -2.03. The zero-order valence-electron chi connectivity index (χ0n) is 10.6. The molecule has 0 aliphatic rings. The first-order chi connectivity index (χ1) is 8.06. The number of hydrogen-bond donors (Lipinski definition) is 1.